The van der Waals surface area contributed by atoms with Crippen LogP contribution in [-0.2, 0) is 6.54 Å². The molecule has 4 rings (SSSR count). The van der Waals surface area contributed by atoms with Crippen molar-refractivity contribution in [2.45, 2.75) is 12.5 Å². The highest BCUT2D eigenvalue weighted by atomic mass is 19.2. The van der Waals surface area contributed by atoms with E-state index in [-0.39, 0.29) is 5.92 Å². The molecule has 4 heteroatoms. The van der Waals surface area contributed by atoms with Crippen LogP contribution in [-0.4, -0.2) is 18.5 Å². The standard InChI is InChI=1S/C18H15F2NO/c1-21-9-14(11-2-4-16(19)17(20)8-11)12-3-5-18-13(6-7-22-18)15(12)10-21/h2-8,14H,9-10H2,1H3/t14-/m1/s1. The number of hydrogen-bond donors (Lipinski definition) is 0. The Labute approximate surface area is 127 Å². The first-order valence-electron chi connectivity index (χ1n) is 7.26. The van der Waals surface area contributed by atoms with Gasteiger partial charge in [-0.1, -0.05) is 12.1 Å². The lowest BCUT2D eigenvalue weighted by molar-refractivity contribution is 0.296. The van der Waals surface area contributed by atoms with Crippen LogP contribution in [0.1, 0.15) is 22.6 Å². The number of likely N-dealkylation sites (N-methyl/N-ethyl adjacent to an activating group) is 1. The first-order valence-corrected chi connectivity index (χ1v) is 7.26. The summed E-state index contributed by atoms with van der Waals surface area (Å²) in [5.41, 5.74) is 4.03. The van der Waals surface area contributed by atoms with Crippen LogP contribution in [0.15, 0.2) is 47.1 Å². The molecule has 2 nitrogen and oxygen atoms in total. The van der Waals surface area contributed by atoms with E-state index in [1.165, 1.54) is 17.7 Å². The van der Waals surface area contributed by atoms with E-state index in [2.05, 4.69) is 4.90 Å². The molecule has 2 heterocycles. The third kappa shape index (κ3) is 2.03. The van der Waals surface area contributed by atoms with Crippen molar-refractivity contribution in [3.8, 4) is 0 Å². The van der Waals surface area contributed by atoms with E-state index in [0.29, 0.717) is 0 Å². The van der Waals surface area contributed by atoms with Gasteiger partial charge in [0, 0.05) is 24.4 Å². The topological polar surface area (TPSA) is 16.4 Å². The average molecular weight is 299 g/mol. The van der Waals surface area contributed by atoms with E-state index < -0.39 is 11.6 Å². The lowest BCUT2D eigenvalue weighted by Crippen LogP contribution is -2.31. The van der Waals surface area contributed by atoms with E-state index in [4.69, 9.17) is 4.42 Å². The Kier molecular flexibility index (Phi) is 3.01. The Morgan fingerprint density at radius 3 is 2.77 bits per heavy atom. The molecule has 1 aliphatic rings. The number of fused-ring (bicyclic) bond motifs is 3. The molecular weight excluding hydrogens is 284 g/mol. The van der Waals surface area contributed by atoms with Gasteiger partial charge in [-0.25, -0.2) is 8.78 Å². The second-order valence-corrected chi connectivity index (χ2v) is 5.89. The summed E-state index contributed by atoms with van der Waals surface area (Å²) in [6.45, 7) is 1.60. The largest absolute Gasteiger partial charge is 0.464 e. The van der Waals surface area contributed by atoms with Gasteiger partial charge in [0.2, 0.25) is 0 Å². The molecule has 1 aromatic heterocycles. The monoisotopic (exact) mass is 299 g/mol. The van der Waals surface area contributed by atoms with Crippen molar-refractivity contribution in [2.24, 2.45) is 0 Å². The molecule has 0 saturated heterocycles. The predicted molar refractivity (Wildman–Crippen MR) is 80.7 cm³/mol. The fourth-order valence-electron chi connectivity index (χ4n) is 3.38. The highest BCUT2D eigenvalue weighted by Gasteiger charge is 2.27. The molecular formula is C18H15F2NO. The minimum Gasteiger partial charge on any atom is -0.464 e. The summed E-state index contributed by atoms with van der Waals surface area (Å²) in [6, 6.07) is 10.1. The van der Waals surface area contributed by atoms with E-state index in [0.717, 1.165) is 35.2 Å². The first-order chi connectivity index (χ1) is 10.6. The number of hydrogen-bond acceptors (Lipinski definition) is 2. The molecule has 0 unspecified atom stereocenters. The molecule has 0 fully saturated rings. The molecule has 2 aromatic carbocycles. The minimum absolute atomic E-state index is 0.0307. The van der Waals surface area contributed by atoms with Gasteiger partial charge in [-0.05, 0) is 48.0 Å². The summed E-state index contributed by atoms with van der Waals surface area (Å²) in [5, 5.41) is 1.09. The Balaban J connectivity index is 1.89. The Morgan fingerprint density at radius 1 is 1.09 bits per heavy atom. The van der Waals surface area contributed by atoms with Crippen molar-refractivity contribution in [1.82, 2.24) is 4.90 Å². The molecule has 0 aliphatic carbocycles. The number of furan rings is 1. The lowest BCUT2D eigenvalue weighted by atomic mass is 9.83. The van der Waals surface area contributed by atoms with Crippen LogP contribution in [0.3, 0.4) is 0 Å². The molecule has 3 aromatic rings. The number of nitrogens with zero attached hydrogens (tertiary/aromatic N) is 1. The van der Waals surface area contributed by atoms with Crippen molar-refractivity contribution in [3.63, 3.8) is 0 Å². The highest BCUT2D eigenvalue weighted by molar-refractivity contribution is 5.83. The van der Waals surface area contributed by atoms with Gasteiger partial charge in [0.25, 0.3) is 0 Å². The zero-order valence-electron chi connectivity index (χ0n) is 12.1. The fourth-order valence-corrected chi connectivity index (χ4v) is 3.38. The van der Waals surface area contributed by atoms with E-state index >= 15 is 0 Å². The quantitative estimate of drug-likeness (QED) is 0.666. The third-order valence-corrected chi connectivity index (χ3v) is 4.43. The van der Waals surface area contributed by atoms with Gasteiger partial charge < -0.3 is 9.32 Å². The maximum absolute atomic E-state index is 13.6. The zero-order valence-corrected chi connectivity index (χ0v) is 12.1. The van der Waals surface area contributed by atoms with Gasteiger partial charge in [0.05, 0.1) is 6.26 Å². The van der Waals surface area contributed by atoms with Gasteiger partial charge >= 0.3 is 0 Å². The molecule has 1 atom stereocenters. The maximum Gasteiger partial charge on any atom is 0.159 e. The number of rotatable bonds is 1. The Morgan fingerprint density at radius 2 is 1.95 bits per heavy atom. The van der Waals surface area contributed by atoms with Crippen LogP contribution in [0.5, 0.6) is 0 Å². The van der Waals surface area contributed by atoms with Gasteiger partial charge in [-0.15, -0.1) is 0 Å². The number of benzene rings is 2. The second-order valence-electron chi connectivity index (χ2n) is 5.89. The zero-order chi connectivity index (χ0) is 15.3. The van der Waals surface area contributed by atoms with E-state index in [1.807, 2.05) is 25.2 Å². The first kappa shape index (κ1) is 13.5. The van der Waals surface area contributed by atoms with Gasteiger partial charge in [-0.3, -0.25) is 0 Å². The summed E-state index contributed by atoms with van der Waals surface area (Å²) in [4.78, 5) is 2.20. The summed E-state index contributed by atoms with van der Waals surface area (Å²) in [7, 11) is 2.04. The van der Waals surface area contributed by atoms with Crippen LogP contribution >= 0.6 is 0 Å². The SMILES string of the molecule is CN1Cc2c(ccc3occc23)[C@@H](c2ccc(F)c(F)c2)C1. The van der Waals surface area contributed by atoms with Crippen molar-refractivity contribution in [2.75, 3.05) is 13.6 Å². The van der Waals surface area contributed by atoms with E-state index in [1.54, 1.807) is 12.3 Å². The van der Waals surface area contributed by atoms with Crippen molar-refractivity contribution >= 4 is 11.0 Å². The normalized spacial score (nSPS) is 18.6. The minimum atomic E-state index is -0.807. The Bertz CT molecular complexity index is 855. The average Bonchev–Trinajstić information content (AvgIpc) is 2.98. The molecule has 112 valence electrons. The van der Waals surface area contributed by atoms with Crippen LogP contribution < -0.4 is 0 Å². The van der Waals surface area contributed by atoms with Gasteiger partial charge in [0.15, 0.2) is 11.6 Å². The molecule has 0 spiro atoms. The van der Waals surface area contributed by atoms with Gasteiger partial charge in [-0.2, -0.15) is 0 Å². The summed E-state index contributed by atoms with van der Waals surface area (Å²) in [5.74, 6) is -1.57. The molecule has 0 radical (unpaired) electrons. The van der Waals surface area contributed by atoms with Crippen LogP contribution in [0.4, 0.5) is 8.78 Å². The van der Waals surface area contributed by atoms with Crippen LogP contribution in [0, 0.1) is 11.6 Å². The lowest BCUT2D eigenvalue weighted by Gasteiger charge is -2.33. The van der Waals surface area contributed by atoms with Crippen LogP contribution in [0.2, 0.25) is 0 Å². The molecule has 0 N–H and O–H groups in total. The van der Waals surface area contributed by atoms with Crippen molar-refractivity contribution in [1.29, 1.82) is 0 Å². The highest BCUT2D eigenvalue weighted by Crippen LogP contribution is 2.37. The fraction of sp³-hybridized carbons (Fsp3) is 0.222. The van der Waals surface area contributed by atoms with Crippen molar-refractivity contribution < 1.29 is 13.2 Å². The van der Waals surface area contributed by atoms with Crippen LogP contribution in [0.25, 0.3) is 11.0 Å². The molecule has 0 saturated carbocycles. The predicted octanol–water partition coefficient (Wildman–Crippen LogP) is 4.29. The molecule has 0 bridgehead atoms. The smallest absolute Gasteiger partial charge is 0.159 e. The van der Waals surface area contributed by atoms with E-state index in [9.17, 15) is 8.78 Å². The molecule has 0 amide bonds. The maximum atomic E-state index is 13.6. The molecule has 1 aliphatic heterocycles. The second kappa shape index (κ2) is 4.92. The van der Waals surface area contributed by atoms with Gasteiger partial charge in [0.1, 0.15) is 5.58 Å². The summed E-state index contributed by atoms with van der Waals surface area (Å²) >= 11 is 0. The third-order valence-electron chi connectivity index (χ3n) is 4.43. The van der Waals surface area contributed by atoms with Crippen molar-refractivity contribution in [3.05, 3.63) is 71.0 Å². The summed E-state index contributed by atoms with van der Waals surface area (Å²) < 4.78 is 32.3. The number of halogens is 2. The molecule has 22 heavy (non-hydrogen) atoms. The summed E-state index contributed by atoms with van der Waals surface area (Å²) in [6.07, 6.45) is 1.69. The Hall–Kier alpha value is -2.20.